The molecular weight excluding hydrogens is 408 g/mol. The zero-order valence-corrected chi connectivity index (χ0v) is 19.0. The van der Waals surface area contributed by atoms with E-state index in [-0.39, 0.29) is 17.4 Å². The fourth-order valence-corrected chi connectivity index (χ4v) is 4.43. The highest BCUT2D eigenvalue weighted by molar-refractivity contribution is 5.83. The lowest BCUT2D eigenvalue weighted by Crippen LogP contribution is -2.26. The van der Waals surface area contributed by atoms with Crippen molar-refractivity contribution in [3.05, 3.63) is 45.6 Å². The molecule has 2 aromatic rings. The van der Waals surface area contributed by atoms with Crippen molar-refractivity contribution in [3.63, 3.8) is 0 Å². The van der Waals surface area contributed by atoms with E-state index in [9.17, 15) is 9.59 Å². The molecule has 0 spiro atoms. The predicted molar refractivity (Wildman–Crippen MR) is 124 cm³/mol. The van der Waals surface area contributed by atoms with Crippen LogP contribution in [0.15, 0.2) is 29.1 Å². The molecule has 0 bridgehead atoms. The van der Waals surface area contributed by atoms with Gasteiger partial charge in [0.05, 0.1) is 33.1 Å². The van der Waals surface area contributed by atoms with Gasteiger partial charge in [-0.15, -0.1) is 0 Å². The summed E-state index contributed by atoms with van der Waals surface area (Å²) in [5.74, 6) is 2.14. The number of hydrogen-bond acceptors (Lipinski definition) is 6. The first-order valence-corrected chi connectivity index (χ1v) is 11.0. The number of benzene rings is 1. The topological polar surface area (TPSA) is 85.9 Å². The Hall–Kier alpha value is -3.22. The molecule has 0 saturated heterocycles. The van der Waals surface area contributed by atoms with Crippen molar-refractivity contribution in [2.24, 2.45) is 5.92 Å². The molecule has 7 nitrogen and oxygen atoms in total. The maximum Gasteiger partial charge on any atom is 0.217 e. The molecule has 170 valence electrons. The number of carbonyl (C=O) groups excluding carboxylic acids is 1. The van der Waals surface area contributed by atoms with E-state index < -0.39 is 0 Å². The van der Waals surface area contributed by atoms with Gasteiger partial charge in [0, 0.05) is 19.0 Å². The van der Waals surface area contributed by atoms with Gasteiger partial charge in [0.1, 0.15) is 0 Å². The Morgan fingerprint density at radius 2 is 1.78 bits per heavy atom. The highest BCUT2D eigenvalue weighted by atomic mass is 16.5. The average Bonchev–Trinajstić information content (AvgIpc) is 3.62. The molecule has 4 rings (SSSR count). The van der Waals surface area contributed by atoms with Crippen LogP contribution in [0.3, 0.4) is 0 Å². The lowest BCUT2D eigenvalue weighted by molar-refractivity contribution is -0.119. The summed E-state index contributed by atoms with van der Waals surface area (Å²) >= 11 is 0. The fourth-order valence-electron chi connectivity index (χ4n) is 4.43. The summed E-state index contributed by atoms with van der Waals surface area (Å²) in [7, 11) is 4.76. The molecule has 2 aromatic carbocycles. The van der Waals surface area contributed by atoms with Gasteiger partial charge in [0.25, 0.3) is 0 Å². The van der Waals surface area contributed by atoms with E-state index in [0.29, 0.717) is 41.7 Å². The Labute approximate surface area is 188 Å². The molecule has 1 unspecified atom stereocenters. The van der Waals surface area contributed by atoms with Crippen molar-refractivity contribution in [2.75, 3.05) is 33.2 Å². The summed E-state index contributed by atoms with van der Waals surface area (Å²) < 4.78 is 17.0. The van der Waals surface area contributed by atoms with Gasteiger partial charge in [0.15, 0.2) is 11.5 Å². The Balaban J connectivity index is 1.95. The SMILES string of the molecule is COc1cc2c(c(OC)c1OC)-c1ccc(NCC3CC3)c(=O)cc1C(NC(C)=O)CC2. The number of anilines is 1. The third kappa shape index (κ3) is 4.24. The molecule has 1 fully saturated rings. The van der Waals surface area contributed by atoms with Crippen molar-refractivity contribution in [1.29, 1.82) is 0 Å². The van der Waals surface area contributed by atoms with E-state index in [1.54, 1.807) is 27.4 Å². The summed E-state index contributed by atoms with van der Waals surface area (Å²) in [5, 5.41) is 6.33. The summed E-state index contributed by atoms with van der Waals surface area (Å²) in [6, 6.07) is 7.08. The first-order valence-electron chi connectivity index (χ1n) is 11.0. The lowest BCUT2D eigenvalue weighted by atomic mass is 9.95. The molecule has 2 aliphatic carbocycles. The number of carbonyl (C=O) groups is 1. The van der Waals surface area contributed by atoms with E-state index in [1.165, 1.54) is 19.8 Å². The number of aryl methyl sites for hydroxylation is 1. The van der Waals surface area contributed by atoms with Crippen molar-refractivity contribution in [1.82, 2.24) is 5.32 Å². The second kappa shape index (κ2) is 9.10. The van der Waals surface area contributed by atoms with E-state index in [4.69, 9.17) is 14.2 Å². The molecular formula is C25H30N2O5. The standard InChI is InChI=1S/C25H30N2O5/c1-14(28)27-19-9-7-16-11-22(30-2)24(31-3)25(32-4)23(16)17-8-10-20(21(29)12-18(17)19)26-13-15-5-6-15/h8,10-12,15,19H,5-7,9,13H2,1-4H3,(H,26,29)(H,27,28). The number of amides is 1. The first kappa shape index (κ1) is 22.0. The Morgan fingerprint density at radius 3 is 2.41 bits per heavy atom. The van der Waals surface area contributed by atoms with Crippen LogP contribution in [0.1, 0.15) is 43.4 Å². The second-order valence-corrected chi connectivity index (χ2v) is 8.42. The minimum absolute atomic E-state index is 0.0925. The number of methoxy groups -OCH3 is 3. The maximum atomic E-state index is 13.1. The van der Waals surface area contributed by atoms with Gasteiger partial charge < -0.3 is 24.8 Å². The highest BCUT2D eigenvalue weighted by Crippen LogP contribution is 2.50. The smallest absolute Gasteiger partial charge is 0.217 e. The Bertz CT molecular complexity index is 1090. The van der Waals surface area contributed by atoms with Gasteiger partial charge in [-0.3, -0.25) is 9.59 Å². The maximum absolute atomic E-state index is 13.1. The van der Waals surface area contributed by atoms with E-state index in [2.05, 4.69) is 10.6 Å². The fraction of sp³-hybridized carbons (Fsp3) is 0.440. The molecule has 2 N–H and O–H groups in total. The number of nitrogens with one attached hydrogen (secondary N) is 2. The zero-order valence-electron chi connectivity index (χ0n) is 19.0. The third-order valence-corrected chi connectivity index (χ3v) is 6.19. The Kier molecular flexibility index (Phi) is 6.26. The molecule has 0 heterocycles. The minimum Gasteiger partial charge on any atom is -0.493 e. The molecule has 2 aliphatic rings. The molecule has 0 aliphatic heterocycles. The average molecular weight is 439 g/mol. The van der Waals surface area contributed by atoms with Crippen LogP contribution in [0.5, 0.6) is 17.2 Å². The summed E-state index contributed by atoms with van der Waals surface area (Å²) in [5.41, 5.74) is 3.95. The number of hydrogen-bond donors (Lipinski definition) is 2. The molecule has 0 radical (unpaired) electrons. The first-order chi connectivity index (χ1) is 15.5. The minimum atomic E-state index is -0.298. The molecule has 1 atom stereocenters. The van der Waals surface area contributed by atoms with Crippen LogP contribution in [0, 0.1) is 5.92 Å². The molecule has 32 heavy (non-hydrogen) atoms. The van der Waals surface area contributed by atoms with Crippen molar-refractivity contribution in [3.8, 4) is 28.4 Å². The predicted octanol–water partition coefficient (Wildman–Crippen LogP) is 3.68. The Morgan fingerprint density at radius 1 is 1.03 bits per heavy atom. The number of rotatable bonds is 7. The number of ether oxygens (including phenoxy) is 3. The van der Waals surface area contributed by atoms with Gasteiger partial charge in [0.2, 0.25) is 17.1 Å². The van der Waals surface area contributed by atoms with Crippen LogP contribution in [0.4, 0.5) is 5.69 Å². The molecule has 1 saturated carbocycles. The van der Waals surface area contributed by atoms with Gasteiger partial charge in [-0.25, -0.2) is 0 Å². The number of fused-ring (bicyclic) bond motifs is 3. The molecule has 7 heteroatoms. The van der Waals surface area contributed by atoms with Gasteiger partial charge in [-0.2, -0.15) is 0 Å². The zero-order chi connectivity index (χ0) is 22.8. The summed E-state index contributed by atoms with van der Waals surface area (Å²) in [6.07, 6.45) is 3.73. The normalized spacial score (nSPS) is 16.8. The van der Waals surface area contributed by atoms with Crippen LogP contribution in [-0.2, 0) is 11.2 Å². The van der Waals surface area contributed by atoms with E-state index >= 15 is 0 Å². The van der Waals surface area contributed by atoms with E-state index in [0.717, 1.165) is 28.8 Å². The van der Waals surface area contributed by atoms with Crippen LogP contribution >= 0.6 is 0 Å². The molecule has 0 aromatic heterocycles. The lowest BCUT2D eigenvalue weighted by Gasteiger charge is -2.19. The van der Waals surface area contributed by atoms with Crippen LogP contribution in [-0.4, -0.2) is 33.8 Å². The van der Waals surface area contributed by atoms with Crippen LogP contribution in [0.2, 0.25) is 0 Å². The highest BCUT2D eigenvalue weighted by Gasteiger charge is 2.29. The molecule has 1 amide bonds. The summed E-state index contributed by atoms with van der Waals surface area (Å²) in [4.78, 5) is 25.1. The third-order valence-electron chi connectivity index (χ3n) is 6.19. The van der Waals surface area contributed by atoms with E-state index in [1.807, 2.05) is 18.2 Å². The second-order valence-electron chi connectivity index (χ2n) is 8.42. The van der Waals surface area contributed by atoms with Crippen LogP contribution < -0.4 is 30.3 Å². The van der Waals surface area contributed by atoms with Gasteiger partial charge in [-0.1, -0.05) is 6.07 Å². The van der Waals surface area contributed by atoms with Gasteiger partial charge in [-0.05, 0) is 66.5 Å². The van der Waals surface area contributed by atoms with Gasteiger partial charge >= 0.3 is 0 Å². The monoisotopic (exact) mass is 438 g/mol. The van der Waals surface area contributed by atoms with Crippen LogP contribution in [0.25, 0.3) is 11.1 Å². The largest absolute Gasteiger partial charge is 0.493 e. The summed E-state index contributed by atoms with van der Waals surface area (Å²) in [6.45, 7) is 2.29. The quantitative estimate of drug-likeness (QED) is 0.686. The van der Waals surface area contributed by atoms with Crippen molar-refractivity contribution in [2.45, 2.75) is 38.6 Å². The van der Waals surface area contributed by atoms with Crippen molar-refractivity contribution < 1.29 is 19.0 Å². The van der Waals surface area contributed by atoms with Crippen molar-refractivity contribution >= 4 is 11.6 Å².